The fraction of sp³-hybridized carbons (Fsp3) is 0.429. The lowest BCUT2D eigenvalue weighted by Gasteiger charge is -2.02. The summed E-state index contributed by atoms with van der Waals surface area (Å²) in [7, 11) is -2.72. The van der Waals surface area contributed by atoms with Crippen LogP contribution in [-0.2, 0) is 9.73 Å². The number of hydrogen-bond acceptors (Lipinski definition) is 4. The van der Waals surface area contributed by atoms with E-state index in [-0.39, 0.29) is 8.95 Å². The van der Waals surface area contributed by atoms with Gasteiger partial charge in [-0.25, -0.2) is 8.99 Å². The molecule has 0 aliphatic rings. The fourth-order valence-corrected chi connectivity index (χ4v) is 1.61. The largest absolute Gasteiger partial charge is 0.248 e. The van der Waals surface area contributed by atoms with Crippen LogP contribution in [0.2, 0.25) is 0 Å². The van der Waals surface area contributed by atoms with Crippen molar-refractivity contribution in [3.8, 4) is 0 Å². The first-order chi connectivity index (χ1) is 5.91. The molecule has 0 amide bonds. The third-order valence-electron chi connectivity index (χ3n) is 1.47. The highest BCUT2D eigenvalue weighted by Crippen LogP contribution is 2.19. The van der Waals surface area contributed by atoms with Crippen molar-refractivity contribution in [3.05, 3.63) is 17.8 Å². The first-order valence-corrected chi connectivity index (χ1v) is 6.84. The number of hydrogen-bond donors (Lipinski definition) is 1. The van der Waals surface area contributed by atoms with Crippen molar-refractivity contribution in [2.45, 2.75) is 15.9 Å². The van der Waals surface area contributed by atoms with E-state index in [2.05, 4.69) is 32.8 Å². The molecule has 6 heteroatoms. The maximum atomic E-state index is 11.2. The molecule has 1 rings (SSSR count). The van der Waals surface area contributed by atoms with Crippen LogP contribution in [0.15, 0.2) is 17.2 Å². The summed E-state index contributed by atoms with van der Waals surface area (Å²) in [5.41, 5.74) is 0.841. The Bertz CT molecular complexity index is 385. The predicted octanol–water partition coefficient (Wildman–Crippen LogP) is 2.01. The summed E-state index contributed by atoms with van der Waals surface area (Å²) >= 11 is 2.22. The normalized spacial score (nSPS) is 17.8. The summed E-state index contributed by atoms with van der Waals surface area (Å²) in [5, 5.41) is 7.89. The topological polar surface area (TPSA) is 66.7 Å². The second kappa shape index (κ2) is 3.87. The van der Waals surface area contributed by atoms with Gasteiger partial charge in [0.1, 0.15) is 0 Å². The summed E-state index contributed by atoms with van der Waals surface area (Å²) in [5.74, 6) is 0. The van der Waals surface area contributed by atoms with Gasteiger partial charge in [-0.2, -0.15) is 5.10 Å². The molecule has 1 aromatic heterocycles. The van der Waals surface area contributed by atoms with E-state index in [1.54, 1.807) is 12.1 Å². The van der Waals surface area contributed by atoms with Crippen molar-refractivity contribution in [1.82, 2.24) is 10.2 Å². The van der Waals surface area contributed by atoms with Crippen LogP contribution < -0.4 is 0 Å². The van der Waals surface area contributed by atoms with Crippen molar-refractivity contribution in [2.24, 2.45) is 0 Å². The second-order valence-corrected chi connectivity index (χ2v) is 6.73. The van der Waals surface area contributed by atoms with Crippen LogP contribution >= 0.6 is 22.6 Å². The van der Waals surface area contributed by atoms with Gasteiger partial charge in [0.15, 0.2) is 5.03 Å². The molecule has 0 bridgehead atoms. The van der Waals surface area contributed by atoms with E-state index in [0.717, 1.165) is 5.69 Å². The third-order valence-corrected chi connectivity index (χ3v) is 3.12. The molecule has 1 heterocycles. The van der Waals surface area contributed by atoms with Crippen LogP contribution in [0, 0.1) is 4.78 Å². The Balaban J connectivity index is 3.08. The highest BCUT2D eigenvalue weighted by molar-refractivity contribution is 14.1. The summed E-state index contributed by atoms with van der Waals surface area (Å²) < 4.78 is 18.8. The quantitative estimate of drug-likeness (QED) is 0.671. The molecule has 13 heavy (non-hydrogen) atoms. The highest BCUT2D eigenvalue weighted by Gasteiger charge is 2.07. The Kier molecular flexibility index (Phi) is 3.23. The van der Waals surface area contributed by atoms with Gasteiger partial charge in [0.05, 0.1) is 19.3 Å². The molecule has 0 fully saturated rings. The lowest BCUT2D eigenvalue weighted by molar-refractivity contribution is 0.672. The minimum atomic E-state index is -2.72. The molecule has 0 radical (unpaired) electrons. The molecule has 0 saturated carbocycles. The lowest BCUT2D eigenvalue weighted by Crippen LogP contribution is -2.02. The second-order valence-electron chi connectivity index (χ2n) is 2.76. The van der Waals surface area contributed by atoms with Crippen LogP contribution in [-0.4, -0.2) is 20.7 Å². The number of aromatic nitrogens is 2. The third kappa shape index (κ3) is 2.87. The Morgan fingerprint density at radius 1 is 1.54 bits per heavy atom. The maximum absolute atomic E-state index is 11.2. The zero-order valence-corrected chi connectivity index (χ0v) is 10.3. The van der Waals surface area contributed by atoms with E-state index in [1.165, 1.54) is 6.26 Å². The van der Waals surface area contributed by atoms with E-state index in [9.17, 15) is 4.21 Å². The molecule has 2 atom stereocenters. The molecule has 0 aliphatic heterocycles. The lowest BCUT2D eigenvalue weighted by atomic mass is 10.3. The van der Waals surface area contributed by atoms with Gasteiger partial charge in [-0.05, 0) is 19.1 Å². The molecule has 0 saturated heterocycles. The molecule has 1 N–H and O–H groups in total. The summed E-state index contributed by atoms with van der Waals surface area (Å²) in [4.78, 5) is 0. The first kappa shape index (κ1) is 10.8. The Morgan fingerprint density at radius 3 is 2.46 bits per heavy atom. The molecule has 1 aromatic rings. The fourth-order valence-electron chi connectivity index (χ4n) is 0.750. The van der Waals surface area contributed by atoms with Crippen LogP contribution in [0.4, 0.5) is 0 Å². The average molecular weight is 311 g/mol. The van der Waals surface area contributed by atoms with Gasteiger partial charge in [-0.1, -0.05) is 22.6 Å². The Morgan fingerprint density at radius 2 is 2.15 bits per heavy atom. The van der Waals surface area contributed by atoms with Crippen LogP contribution in [0.1, 0.15) is 16.5 Å². The molecule has 2 unspecified atom stereocenters. The number of alkyl halides is 1. The number of nitrogens with zero attached hydrogens (tertiary/aromatic N) is 2. The SMILES string of the molecule is CC(I)c1ccc(S(C)(=N)=O)nn1. The minimum absolute atomic E-state index is 0.244. The van der Waals surface area contributed by atoms with Crippen LogP contribution in [0.25, 0.3) is 0 Å². The van der Waals surface area contributed by atoms with Crippen LogP contribution in [0.3, 0.4) is 0 Å². The van der Waals surface area contributed by atoms with Gasteiger partial charge in [0, 0.05) is 6.26 Å². The maximum Gasteiger partial charge on any atom is 0.157 e. The van der Waals surface area contributed by atoms with Crippen molar-refractivity contribution in [1.29, 1.82) is 4.78 Å². The average Bonchev–Trinajstić information content (AvgIpc) is 2.03. The molecule has 0 aromatic carbocycles. The summed E-state index contributed by atoms with van der Waals surface area (Å²) in [6, 6.07) is 3.37. The monoisotopic (exact) mass is 311 g/mol. The first-order valence-electron chi connectivity index (χ1n) is 3.63. The van der Waals surface area contributed by atoms with E-state index in [0.29, 0.717) is 0 Å². The van der Waals surface area contributed by atoms with Crippen molar-refractivity contribution >= 4 is 32.3 Å². The number of nitrogens with one attached hydrogen (secondary N) is 1. The smallest absolute Gasteiger partial charge is 0.157 e. The summed E-state index contributed by atoms with van der Waals surface area (Å²) in [6.45, 7) is 1.99. The zero-order chi connectivity index (χ0) is 10.1. The van der Waals surface area contributed by atoms with Gasteiger partial charge in [0.25, 0.3) is 0 Å². The highest BCUT2D eigenvalue weighted by atomic mass is 127. The van der Waals surface area contributed by atoms with E-state index < -0.39 is 9.73 Å². The molecule has 0 aliphatic carbocycles. The van der Waals surface area contributed by atoms with Gasteiger partial charge in [-0.15, -0.1) is 5.10 Å². The van der Waals surface area contributed by atoms with Crippen molar-refractivity contribution < 1.29 is 4.21 Å². The number of halogens is 1. The molecule has 72 valence electrons. The van der Waals surface area contributed by atoms with Gasteiger partial charge in [-0.3, -0.25) is 0 Å². The van der Waals surface area contributed by atoms with Crippen LogP contribution in [0.5, 0.6) is 0 Å². The minimum Gasteiger partial charge on any atom is -0.248 e. The summed E-state index contributed by atoms with van der Waals surface area (Å²) in [6.07, 6.45) is 1.34. The Hall–Kier alpha value is -0.240. The molecule has 0 spiro atoms. The van der Waals surface area contributed by atoms with Crippen molar-refractivity contribution in [3.63, 3.8) is 0 Å². The molecule has 4 nitrogen and oxygen atoms in total. The van der Waals surface area contributed by atoms with Gasteiger partial charge in [0.2, 0.25) is 0 Å². The zero-order valence-electron chi connectivity index (χ0n) is 7.32. The molecular formula is C7H10IN3OS. The van der Waals surface area contributed by atoms with E-state index >= 15 is 0 Å². The van der Waals surface area contributed by atoms with Gasteiger partial charge < -0.3 is 0 Å². The van der Waals surface area contributed by atoms with E-state index in [4.69, 9.17) is 4.78 Å². The predicted molar refractivity (Wildman–Crippen MR) is 59.5 cm³/mol. The standard InChI is InChI=1S/C7H10IN3OS/c1-5(8)6-3-4-7(11-10-6)13(2,9)12/h3-5,9H,1-2H3. The molecular weight excluding hydrogens is 301 g/mol. The Labute approximate surface area is 91.3 Å². The van der Waals surface area contributed by atoms with Gasteiger partial charge >= 0.3 is 0 Å². The van der Waals surface area contributed by atoms with Crippen molar-refractivity contribution in [2.75, 3.05) is 6.26 Å². The number of rotatable bonds is 2. The van der Waals surface area contributed by atoms with E-state index in [1.807, 2.05) is 6.92 Å².